The molecule has 0 aromatic heterocycles. The van der Waals surface area contributed by atoms with Crippen LogP contribution >= 0.6 is 23.2 Å². The number of ether oxygens (including phenoxy) is 2. The molecule has 5 nitrogen and oxygen atoms in total. The Kier molecular flexibility index (Phi) is 5.34. The second-order valence-electron chi connectivity index (χ2n) is 4.56. The van der Waals surface area contributed by atoms with Crippen molar-refractivity contribution in [2.45, 2.75) is 18.9 Å². The summed E-state index contributed by atoms with van der Waals surface area (Å²) >= 11 is 11.9. The highest BCUT2D eigenvalue weighted by Crippen LogP contribution is 2.34. The smallest absolute Gasteiger partial charge is 0.258 e. The largest absolute Gasteiger partial charge is 0.481 e. The maximum Gasteiger partial charge on any atom is 0.258 e. The number of carbonyl (C=O) groups is 1. The molecule has 7 heteroatoms. The van der Waals surface area contributed by atoms with E-state index < -0.39 is 0 Å². The third kappa shape index (κ3) is 4.16. The van der Waals surface area contributed by atoms with Gasteiger partial charge in [-0.2, -0.15) is 0 Å². The van der Waals surface area contributed by atoms with Gasteiger partial charge >= 0.3 is 0 Å². The van der Waals surface area contributed by atoms with Gasteiger partial charge in [0.2, 0.25) is 0 Å². The molecule has 0 radical (unpaired) electrons. The Morgan fingerprint density at radius 3 is 2.55 bits per heavy atom. The van der Waals surface area contributed by atoms with Crippen LogP contribution < -0.4 is 15.8 Å². The van der Waals surface area contributed by atoms with Crippen LogP contribution in [0.1, 0.15) is 12.8 Å². The summed E-state index contributed by atoms with van der Waals surface area (Å²) in [5.74, 6) is 0.0607. The van der Waals surface area contributed by atoms with Gasteiger partial charge < -0.3 is 20.5 Å². The number of nitrogen functional groups attached to an aromatic ring is 1. The Labute approximate surface area is 127 Å². The van der Waals surface area contributed by atoms with E-state index in [4.69, 9.17) is 38.4 Å². The molecular formula is C13H16Cl2N2O3. The zero-order chi connectivity index (χ0) is 14.5. The molecule has 0 saturated carbocycles. The molecule has 1 aromatic carbocycles. The molecule has 1 aliphatic heterocycles. The number of nitrogens with one attached hydrogen (secondary N) is 1. The Morgan fingerprint density at radius 1 is 1.35 bits per heavy atom. The first-order chi connectivity index (χ1) is 9.56. The molecule has 0 bridgehead atoms. The summed E-state index contributed by atoms with van der Waals surface area (Å²) in [4.78, 5) is 11.8. The average molecular weight is 319 g/mol. The third-order valence-corrected chi connectivity index (χ3v) is 3.52. The van der Waals surface area contributed by atoms with Crippen LogP contribution in [0.4, 0.5) is 5.69 Å². The molecule has 110 valence electrons. The summed E-state index contributed by atoms with van der Waals surface area (Å²) in [7, 11) is 0. The van der Waals surface area contributed by atoms with Crippen LogP contribution in [0.3, 0.4) is 0 Å². The number of rotatable bonds is 4. The second-order valence-corrected chi connectivity index (χ2v) is 5.37. The summed E-state index contributed by atoms with van der Waals surface area (Å²) < 4.78 is 10.6. The summed E-state index contributed by atoms with van der Waals surface area (Å²) in [6.07, 6.45) is 1.63. The van der Waals surface area contributed by atoms with Crippen molar-refractivity contribution in [3.63, 3.8) is 0 Å². The zero-order valence-corrected chi connectivity index (χ0v) is 12.3. The number of benzene rings is 1. The minimum Gasteiger partial charge on any atom is -0.481 e. The molecule has 1 saturated heterocycles. The van der Waals surface area contributed by atoms with Crippen molar-refractivity contribution in [1.82, 2.24) is 5.32 Å². The Bertz CT molecular complexity index is 467. The fourth-order valence-electron chi connectivity index (χ4n) is 1.97. The fourth-order valence-corrected chi connectivity index (χ4v) is 2.58. The molecule has 0 spiro atoms. The Morgan fingerprint density at radius 2 is 1.95 bits per heavy atom. The molecule has 1 aliphatic rings. The molecule has 0 unspecified atom stereocenters. The average Bonchev–Trinajstić information content (AvgIpc) is 2.38. The van der Waals surface area contributed by atoms with E-state index in [2.05, 4.69) is 5.32 Å². The first kappa shape index (κ1) is 15.2. The van der Waals surface area contributed by atoms with E-state index in [1.807, 2.05) is 0 Å². The Hall–Kier alpha value is -1.17. The van der Waals surface area contributed by atoms with Crippen molar-refractivity contribution in [2.24, 2.45) is 0 Å². The Balaban J connectivity index is 1.87. The molecule has 0 aliphatic carbocycles. The number of hydrogen-bond donors (Lipinski definition) is 2. The number of hydrogen-bond acceptors (Lipinski definition) is 4. The van der Waals surface area contributed by atoms with Crippen molar-refractivity contribution in [2.75, 3.05) is 25.6 Å². The van der Waals surface area contributed by atoms with Gasteiger partial charge in [-0.3, -0.25) is 4.79 Å². The van der Waals surface area contributed by atoms with Crippen LogP contribution in [0.2, 0.25) is 10.0 Å². The van der Waals surface area contributed by atoms with Crippen molar-refractivity contribution in [3.8, 4) is 5.75 Å². The lowest BCUT2D eigenvalue weighted by atomic mass is 10.1. The zero-order valence-electron chi connectivity index (χ0n) is 10.8. The number of amides is 1. The summed E-state index contributed by atoms with van der Waals surface area (Å²) in [6, 6.07) is 3.19. The molecule has 1 fully saturated rings. The molecule has 3 N–H and O–H groups in total. The third-order valence-electron chi connectivity index (χ3n) is 2.95. The van der Waals surface area contributed by atoms with Crippen LogP contribution in [0.15, 0.2) is 12.1 Å². The first-order valence-corrected chi connectivity index (χ1v) is 7.06. The second kappa shape index (κ2) is 7.02. The molecule has 1 heterocycles. The number of halogens is 2. The molecular weight excluding hydrogens is 303 g/mol. The minimum atomic E-state index is -0.208. The molecule has 0 atom stereocenters. The van der Waals surface area contributed by atoms with E-state index in [-0.39, 0.29) is 34.4 Å². The van der Waals surface area contributed by atoms with Crippen molar-refractivity contribution < 1.29 is 14.3 Å². The molecule has 1 aromatic rings. The quantitative estimate of drug-likeness (QED) is 0.835. The molecule has 2 rings (SSSR count). The van der Waals surface area contributed by atoms with Crippen molar-refractivity contribution in [1.29, 1.82) is 0 Å². The van der Waals surface area contributed by atoms with Gasteiger partial charge in [0.05, 0.1) is 10.0 Å². The molecule has 20 heavy (non-hydrogen) atoms. The summed E-state index contributed by atoms with van der Waals surface area (Å²) in [5.41, 5.74) is 6.04. The van der Waals surface area contributed by atoms with E-state index >= 15 is 0 Å². The predicted molar refractivity (Wildman–Crippen MR) is 78.4 cm³/mol. The highest BCUT2D eigenvalue weighted by atomic mass is 35.5. The summed E-state index contributed by atoms with van der Waals surface area (Å²) in [6.45, 7) is 1.20. The maximum atomic E-state index is 11.8. The van der Waals surface area contributed by atoms with Gasteiger partial charge in [-0.05, 0) is 25.0 Å². The SMILES string of the molecule is Nc1cc(Cl)c(OCC(=O)NC2CCOCC2)c(Cl)c1. The number of nitrogens with two attached hydrogens (primary N) is 1. The standard InChI is InChI=1S/C13H16Cl2N2O3/c14-10-5-8(16)6-11(15)13(10)20-7-12(18)17-9-1-3-19-4-2-9/h5-6,9H,1-4,7,16H2,(H,17,18). The normalized spacial score (nSPS) is 15.9. The van der Waals surface area contributed by atoms with Gasteiger partial charge in [0, 0.05) is 24.9 Å². The monoisotopic (exact) mass is 318 g/mol. The lowest BCUT2D eigenvalue weighted by Crippen LogP contribution is -2.41. The number of carbonyl (C=O) groups excluding carboxylic acids is 1. The fraction of sp³-hybridized carbons (Fsp3) is 0.462. The maximum absolute atomic E-state index is 11.8. The lowest BCUT2D eigenvalue weighted by molar-refractivity contribution is -0.124. The van der Waals surface area contributed by atoms with Gasteiger partial charge in [-0.1, -0.05) is 23.2 Å². The van der Waals surface area contributed by atoms with Gasteiger partial charge in [0.25, 0.3) is 5.91 Å². The summed E-state index contributed by atoms with van der Waals surface area (Å²) in [5, 5.41) is 3.46. The van der Waals surface area contributed by atoms with Crippen LogP contribution in [-0.4, -0.2) is 31.8 Å². The highest BCUT2D eigenvalue weighted by molar-refractivity contribution is 6.37. The van der Waals surface area contributed by atoms with E-state index in [1.165, 1.54) is 12.1 Å². The molecule has 1 amide bonds. The minimum absolute atomic E-state index is 0.136. The highest BCUT2D eigenvalue weighted by Gasteiger charge is 2.17. The van der Waals surface area contributed by atoms with Crippen LogP contribution in [-0.2, 0) is 9.53 Å². The van der Waals surface area contributed by atoms with E-state index in [0.29, 0.717) is 18.9 Å². The van der Waals surface area contributed by atoms with Crippen LogP contribution in [0.5, 0.6) is 5.75 Å². The number of anilines is 1. The van der Waals surface area contributed by atoms with Gasteiger partial charge in [0.15, 0.2) is 12.4 Å². The van der Waals surface area contributed by atoms with Crippen LogP contribution in [0.25, 0.3) is 0 Å². The lowest BCUT2D eigenvalue weighted by Gasteiger charge is -2.23. The first-order valence-electron chi connectivity index (χ1n) is 6.30. The van der Waals surface area contributed by atoms with E-state index in [0.717, 1.165) is 12.8 Å². The van der Waals surface area contributed by atoms with E-state index in [9.17, 15) is 4.79 Å². The van der Waals surface area contributed by atoms with Crippen molar-refractivity contribution >= 4 is 34.8 Å². The van der Waals surface area contributed by atoms with Gasteiger partial charge in [0.1, 0.15) is 0 Å². The van der Waals surface area contributed by atoms with Crippen LogP contribution in [0, 0.1) is 0 Å². The van der Waals surface area contributed by atoms with Crippen molar-refractivity contribution in [3.05, 3.63) is 22.2 Å². The van der Waals surface area contributed by atoms with Gasteiger partial charge in [-0.15, -0.1) is 0 Å². The van der Waals surface area contributed by atoms with Gasteiger partial charge in [-0.25, -0.2) is 0 Å². The topological polar surface area (TPSA) is 73.6 Å². The predicted octanol–water partition coefficient (Wildman–Crippen LogP) is 2.25. The van der Waals surface area contributed by atoms with E-state index in [1.54, 1.807) is 0 Å².